The third-order valence-electron chi connectivity index (χ3n) is 5.87. The van der Waals surface area contributed by atoms with Crippen molar-refractivity contribution in [3.8, 4) is 0 Å². The number of nitrogens with zero attached hydrogens (tertiary/aromatic N) is 4. The summed E-state index contributed by atoms with van der Waals surface area (Å²) < 4.78 is 68.6. The van der Waals surface area contributed by atoms with Gasteiger partial charge in [0.25, 0.3) is 10.2 Å². The molecule has 3 heterocycles. The molecule has 0 bridgehead atoms. The van der Waals surface area contributed by atoms with Crippen LogP contribution in [0, 0.1) is 0 Å². The van der Waals surface area contributed by atoms with Gasteiger partial charge in [-0.1, -0.05) is 0 Å². The van der Waals surface area contributed by atoms with E-state index in [-0.39, 0.29) is 29.9 Å². The van der Waals surface area contributed by atoms with Crippen LogP contribution in [0.15, 0.2) is 18.2 Å². The fourth-order valence-electron chi connectivity index (χ4n) is 4.14. The van der Waals surface area contributed by atoms with E-state index in [9.17, 15) is 21.6 Å². The van der Waals surface area contributed by atoms with Crippen molar-refractivity contribution >= 4 is 33.3 Å². The van der Waals surface area contributed by atoms with Gasteiger partial charge in [-0.05, 0) is 55.1 Å². The van der Waals surface area contributed by atoms with Crippen molar-refractivity contribution in [2.45, 2.75) is 44.9 Å². The van der Waals surface area contributed by atoms with E-state index in [0.29, 0.717) is 36.3 Å². The highest BCUT2D eigenvalue weighted by Crippen LogP contribution is 2.35. The summed E-state index contributed by atoms with van der Waals surface area (Å²) in [6.45, 7) is 2.95. The van der Waals surface area contributed by atoms with E-state index >= 15 is 0 Å². The van der Waals surface area contributed by atoms with E-state index in [1.165, 1.54) is 14.7 Å². The number of benzene rings is 1. The highest BCUT2D eigenvalue weighted by Gasteiger charge is 2.36. The number of nitrogens with one attached hydrogen (secondary N) is 1. The van der Waals surface area contributed by atoms with Gasteiger partial charge < -0.3 is 11.1 Å². The third kappa shape index (κ3) is 5.03. The minimum Gasteiger partial charge on any atom is -0.399 e. The second-order valence-corrected chi connectivity index (χ2v) is 10.5. The normalized spacial score (nSPS) is 18.8. The van der Waals surface area contributed by atoms with Gasteiger partial charge in [0.2, 0.25) is 5.28 Å². The Morgan fingerprint density at radius 3 is 2.48 bits per heavy atom. The Bertz CT molecular complexity index is 1160. The molecular formula is C20H24ClF3N6O2S. The van der Waals surface area contributed by atoms with Gasteiger partial charge >= 0.3 is 6.18 Å². The summed E-state index contributed by atoms with van der Waals surface area (Å²) in [5.41, 5.74) is 6.31. The summed E-state index contributed by atoms with van der Waals surface area (Å²) in [7, 11) is -3.63. The molecule has 0 aliphatic carbocycles. The maximum Gasteiger partial charge on any atom is 0.416 e. The lowest BCUT2D eigenvalue weighted by Gasteiger charge is -2.32. The SMILES string of the molecule is C[C@@H](Nc1nc(Cl)nc2c1CN(S(=O)(=O)N1CCCC1)CC2)c1cc(N)cc(C(F)(F)F)c1. The Labute approximate surface area is 195 Å². The number of alkyl halides is 3. The molecule has 1 fully saturated rings. The Balaban J connectivity index is 1.63. The van der Waals surface area contributed by atoms with E-state index in [1.807, 2.05) is 0 Å². The number of fused-ring (bicyclic) bond motifs is 1. The molecule has 8 nitrogen and oxygen atoms in total. The Kier molecular flexibility index (Phi) is 6.47. The quantitative estimate of drug-likeness (QED) is 0.476. The van der Waals surface area contributed by atoms with Crippen LogP contribution in [-0.2, 0) is 29.4 Å². The lowest BCUT2D eigenvalue weighted by molar-refractivity contribution is -0.137. The zero-order chi connectivity index (χ0) is 24.0. The molecule has 1 atom stereocenters. The second-order valence-electron chi connectivity index (χ2n) is 8.22. The maximum atomic E-state index is 13.2. The van der Waals surface area contributed by atoms with Crippen molar-refractivity contribution in [1.29, 1.82) is 0 Å². The second kappa shape index (κ2) is 8.90. The Morgan fingerprint density at radius 1 is 1.12 bits per heavy atom. The maximum absolute atomic E-state index is 13.2. The molecule has 13 heteroatoms. The van der Waals surface area contributed by atoms with Crippen LogP contribution in [0.25, 0.3) is 0 Å². The Hall–Kier alpha value is -2.15. The number of halogens is 4. The van der Waals surface area contributed by atoms with Crippen LogP contribution in [0.2, 0.25) is 5.28 Å². The van der Waals surface area contributed by atoms with Crippen molar-refractivity contribution in [2.24, 2.45) is 0 Å². The fraction of sp³-hybridized carbons (Fsp3) is 0.500. The molecule has 0 amide bonds. The van der Waals surface area contributed by atoms with Crippen molar-refractivity contribution in [3.63, 3.8) is 0 Å². The van der Waals surface area contributed by atoms with Gasteiger partial charge in [-0.3, -0.25) is 0 Å². The molecular weight excluding hydrogens is 481 g/mol. The summed E-state index contributed by atoms with van der Waals surface area (Å²) in [6.07, 6.45) is -2.53. The number of rotatable bonds is 5. The molecule has 180 valence electrons. The van der Waals surface area contributed by atoms with Crippen LogP contribution < -0.4 is 11.1 Å². The minimum atomic E-state index is -4.54. The Morgan fingerprint density at radius 2 is 1.82 bits per heavy atom. The van der Waals surface area contributed by atoms with Crippen molar-refractivity contribution in [1.82, 2.24) is 18.6 Å². The first-order chi connectivity index (χ1) is 15.4. The van der Waals surface area contributed by atoms with Crippen LogP contribution in [0.3, 0.4) is 0 Å². The number of nitrogens with two attached hydrogens (primary N) is 1. The molecule has 2 aromatic rings. The monoisotopic (exact) mass is 504 g/mol. The first kappa shape index (κ1) is 24.0. The predicted octanol–water partition coefficient (Wildman–Crippen LogP) is 3.60. The molecule has 4 rings (SSSR count). The number of aromatic nitrogens is 2. The van der Waals surface area contributed by atoms with E-state index in [2.05, 4.69) is 15.3 Å². The summed E-state index contributed by atoms with van der Waals surface area (Å²) in [6, 6.07) is 2.73. The molecule has 2 aliphatic heterocycles. The van der Waals surface area contributed by atoms with Gasteiger partial charge in [0.1, 0.15) is 5.82 Å². The number of hydrogen-bond acceptors (Lipinski definition) is 6. The van der Waals surface area contributed by atoms with Gasteiger partial charge in [-0.25, -0.2) is 9.97 Å². The summed E-state index contributed by atoms with van der Waals surface area (Å²) >= 11 is 6.08. The van der Waals surface area contributed by atoms with E-state index < -0.39 is 28.0 Å². The largest absolute Gasteiger partial charge is 0.416 e. The molecule has 33 heavy (non-hydrogen) atoms. The molecule has 1 saturated heterocycles. The average Bonchev–Trinajstić information content (AvgIpc) is 3.28. The van der Waals surface area contributed by atoms with E-state index in [4.69, 9.17) is 17.3 Å². The van der Waals surface area contributed by atoms with Gasteiger partial charge in [0, 0.05) is 43.9 Å². The van der Waals surface area contributed by atoms with Crippen LogP contribution in [0.1, 0.15) is 48.2 Å². The van der Waals surface area contributed by atoms with Gasteiger partial charge in [0.05, 0.1) is 17.3 Å². The van der Waals surface area contributed by atoms with Gasteiger partial charge in [-0.2, -0.15) is 30.2 Å². The van der Waals surface area contributed by atoms with E-state index in [1.54, 1.807) is 6.92 Å². The molecule has 0 radical (unpaired) electrons. The lowest BCUT2D eigenvalue weighted by atomic mass is 10.0. The van der Waals surface area contributed by atoms with E-state index in [0.717, 1.165) is 25.0 Å². The summed E-state index contributed by atoms with van der Waals surface area (Å²) in [5.74, 6) is 0.287. The molecule has 0 spiro atoms. The lowest BCUT2D eigenvalue weighted by Crippen LogP contribution is -2.45. The fourth-order valence-corrected chi connectivity index (χ4v) is 5.98. The minimum absolute atomic E-state index is 0.0147. The zero-order valence-corrected chi connectivity index (χ0v) is 19.4. The van der Waals surface area contributed by atoms with Crippen LogP contribution in [-0.4, -0.2) is 46.6 Å². The molecule has 2 aliphatic rings. The summed E-state index contributed by atoms with van der Waals surface area (Å²) in [4.78, 5) is 8.45. The highest BCUT2D eigenvalue weighted by atomic mass is 35.5. The van der Waals surface area contributed by atoms with Gasteiger partial charge in [0.15, 0.2) is 0 Å². The van der Waals surface area contributed by atoms with Crippen molar-refractivity contribution < 1.29 is 21.6 Å². The predicted molar refractivity (Wildman–Crippen MR) is 119 cm³/mol. The van der Waals surface area contributed by atoms with Crippen molar-refractivity contribution in [3.05, 3.63) is 45.9 Å². The smallest absolute Gasteiger partial charge is 0.399 e. The standard InChI is InChI=1S/C20H24ClF3N6O2S/c1-12(13-8-14(20(22,23)24)10-15(25)9-13)26-18-16-11-30(7-4-17(16)27-19(21)28-18)33(31,32)29-5-2-3-6-29/h8-10,12H,2-7,11,25H2,1H3,(H,26,27,28)/t12-/m1/s1. The highest BCUT2D eigenvalue weighted by molar-refractivity contribution is 7.86. The molecule has 3 N–H and O–H groups in total. The van der Waals surface area contributed by atoms with Crippen LogP contribution in [0.4, 0.5) is 24.7 Å². The first-order valence-electron chi connectivity index (χ1n) is 10.5. The van der Waals surface area contributed by atoms with Crippen LogP contribution in [0.5, 0.6) is 0 Å². The summed E-state index contributed by atoms with van der Waals surface area (Å²) in [5, 5.41) is 3.06. The molecule has 0 saturated carbocycles. The van der Waals surface area contributed by atoms with Crippen molar-refractivity contribution in [2.75, 3.05) is 30.7 Å². The average molecular weight is 505 g/mol. The number of nitrogen functional groups attached to an aromatic ring is 1. The first-order valence-corrected chi connectivity index (χ1v) is 12.3. The molecule has 0 unspecified atom stereocenters. The topological polar surface area (TPSA) is 104 Å². The zero-order valence-electron chi connectivity index (χ0n) is 17.9. The van der Waals surface area contributed by atoms with Gasteiger partial charge in [-0.15, -0.1) is 0 Å². The number of hydrogen-bond donors (Lipinski definition) is 2. The molecule has 1 aromatic heterocycles. The van der Waals surface area contributed by atoms with Crippen LogP contribution >= 0.6 is 11.6 Å². The molecule has 1 aromatic carbocycles. The number of anilines is 2. The third-order valence-corrected chi connectivity index (χ3v) is 8.02.